The molecule has 28 heavy (non-hydrogen) atoms. The molecule has 3 heterocycles. The van der Waals surface area contributed by atoms with Crippen LogP contribution in [0.2, 0.25) is 5.02 Å². The summed E-state index contributed by atoms with van der Waals surface area (Å²) in [7, 11) is 0. The van der Waals surface area contributed by atoms with Gasteiger partial charge in [0.25, 0.3) is 5.91 Å². The SMILES string of the molecule is O=C(C=Cc1ccccc1Cl)N1CCN(C(=O)c2cnn3ccccc23)CC1. The number of hydrogen-bond acceptors (Lipinski definition) is 3. The Balaban J connectivity index is 1.38. The second-order valence-corrected chi connectivity index (χ2v) is 6.97. The molecule has 2 aromatic heterocycles. The van der Waals surface area contributed by atoms with Crippen molar-refractivity contribution >= 4 is 35.0 Å². The predicted molar refractivity (Wildman–Crippen MR) is 108 cm³/mol. The Bertz CT molecular complexity index is 1050. The van der Waals surface area contributed by atoms with Crippen molar-refractivity contribution < 1.29 is 9.59 Å². The molecule has 0 unspecified atom stereocenters. The molecule has 1 fully saturated rings. The van der Waals surface area contributed by atoms with Crippen molar-refractivity contribution in [3.8, 4) is 0 Å². The Kier molecular flexibility index (Phi) is 5.12. The number of nitrogens with zero attached hydrogens (tertiary/aromatic N) is 4. The third-order valence-electron chi connectivity index (χ3n) is 4.85. The highest BCUT2D eigenvalue weighted by molar-refractivity contribution is 6.32. The molecular weight excluding hydrogens is 376 g/mol. The normalized spacial score (nSPS) is 14.8. The molecule has 1 aliphatic heterocycles. The van der Waals surface area contributed by atoms with E-state index < -0.39 is 0 Å². The molecule has 0 bridgehead atoms. The van der Waals surface area contributed by atoms with Crippen LogP contribution < -0.4 is 0 Å². The smallest absolute Gasteiger partial charge is 0.257 e. The summed E-state index contributed by atoms with van der Waals surface area (Å²) in [5, 5.41) is 4.83. The van der Waals surface area contributed by atoms with Gasteiger partial charge < -0.3 is 9.80 Å². The number of carbonyl (C=O) groups is 2. The number of carbonyl (C=O) groups excluding carboxylic acids is 2. The standard InChI is InChI=1S/C21H19ClN4O2/c22-18-6-2-1-5-16(18)8-9-20(27)24-11-13-25(14-12-24)21(28)17-15-23-26-10-4-3-7-19(17)26/h1-10,15H,11-14H2. The van der Waals surface area contributed by atoms with Gasteiger partial charge in [-0.15, -0.1) is 0 Å². The van der Waals surface area contributed by atoms with Gasteiger partial charge in [-0.2, -0.15) is 5.10 Å². The lowest BCUT2D eigenvalue weighted by Crippen LogP contribution is -2.50. The minimum absolute atomic E-state index is 0.0556. The van der Waals surface area contributed by atoms with E-state index in [1.165, 1.54) is 6.08 Å². The Morgan fingerprint density at radius 3 is 2.46 bits per heavy atom. The zero-order valence-corrected chi connectivity index (χ0v) is 15.9. The van der Waals surface area contributed by atoms with E-state index in [4.69, 9.17) is 11.6 Å². The van der Waals surface area contributed by atoms with E-state index in [1.54, 1.807) is 32.7 Å². The summed E-state index contributed by atoms with van der Waals surface area (Å²) in [5.74, 6) is -0.136. The van der Waals surface area contributed by atoms with E-state index >= 15 is 0 Å². The molecule has 1 aromatic carbocycles. The highest BCUT2D eigenvalue weighted by Gasteiger charge is 2.25. The monoisotopic (exact) mass is 394 g/mol. The predicted octanol–water partition coefficient (Wildman–Crippen LogP) is 2.99. The first-order valence-electron chi connectivity index (χ1n) is 9.06. The van der Waals surface area contributed by atoms with Crippen molar-refractivity contribution in [2.24, 2.45) is 0 Å². The largest absolute Gasteiger partial charge is 0.336 e. The van der Waals surface area contributed by atoms with Crippen LogP contribution in [0.5, 0.6) is 0 Å². The molecule has 3 aromatic rings. The van der Waals surface area contributed by atoms with Gasteiger partial charge in [0.15, 0.2) is 0 Å². The molecule has 0 atom stereocenters. The molecule has 0 radical (unpaired) electrons. The second-order valence-electron chi connectivity index (χ2n) is 6.56. The number of piperazine rings is 1. The van der Waals surface area contributed by atoms with Crippen LogP contribution >= 0.6 is 11.6 Å². The average Bonchev–Trinajstić information content (AvgIpc) is 3.17. The van der Waals surface area contributed by atoms with Gasteiger partial charge in [0.1, 0.15) is 0 Å². The van der Waals surface area contributed by atoms with Gasteiger partial charge in [-0.05, 0) is 29.8 Å². The zero-order valence-electron chi connectivity index (χ0n) is 15.2. The molecule has 142 valence electrons. The summed E-state index contributed by atoms with van der Waals surface area (Å²) in [6, 6.07) is 13.0. The lowest BCUT2D eigenvalue weighted by molar-refractivity contribution is -0.127. The zero-order chi connectivity index (χ0) is 19.5. The highest BCUT2D eigenvalue weighted by atomic mass is 35.5. The summed E-state index contributed by atoms with van der Waals surface area (Å²) in [6.45, 7) is 1.98. The summed E-state index contributed by atoms with van der Waals surface area (Å²) in [4.78, 5) is 28.8. The number of hydrogen-bond donors (Lipinski definition) is 0. The number of fused-ring (bicyclic) bond motifs is 1. The van der Waals surface area contributed by atoms with Gasteiger partial charge in [0.05, 0.1) is 17.3 Å². The van der Waals surface area contributed by atoms with Gasteiger partial charge in [0, 0.05) is 43.5 Å². The fourth-order valence-corrected chi connectivity index (χ4v) is 3.48. The number of pyridine rings is 1. The fourth-order valence-electron chi connectivity index (χ4n) is 3.28. The third kappa shape index (κ3) is 3.64. The lowest BCUT2D eigenvalue weighted by atomic mass is 10.2. The van der Waals surface area contributed by atoms with Gasteiger partial charge in [-0.1, -0.05) is 35.9 Å². The van der Waals surface area contributed by atoms with Gasteiger partial charge in [-0.25, -0.2) is 4.52 Å². The molecule has 0 saturated carbocycles. The van der Waals surface area contributed by atoms with Crippen LogP contribution in [0.1, 0.15) is 15.9 Å². The Labute approximate surface area is 167 Å². The maximum Gasteiger partial charge on any atom is 0.257 e. The summed E-state index contributed by atoms with van der Waals surface area (Å²) < 4.78 is 1.69. The van der Waals surface area contributed by atoms with Crippen LogP contribution in [0, 0.1) is 0 Å². The van der Waals surface area contributed by atoms with Crippen molar-refractivity contribution in [1.82, 2.24) is 19.4 Å². The third-order valence-corrected chi connectivity index (χ3v) is 5.19. The molecule has 6 nitrogen and oxygen atoms in total. The minimum Gasteiger partial charge on any atom is -0.336 e. The van der Waals surface area contributed by atoms with E-state index in [1.807, 2.05) is 42.6 Å². The molecule has 0 spiro atoms. The maximum atomic E-state index is 12.8. The highest BCUT2D eigenvalue weighted by Crippen LogP contribution is 2.17. The number of benzene rings is 1. The second kappa shape index (κ2) is 7.86. The van der Waals surface area contributed by atoms with Crippen LogP contribution in [0.25, 0.3) is 11.6 Å². The van der Waals surface area contributed by atoms with Crippen LogP contribution in [-0.4, -0.2) is 57.4 Å². The van der Waals surface area contributed by atoms with E-state index in [2.05, 4.69) is 5.10 Å². The Morgan fingerprint density at radius 1 is 0.964 bits per heavy atom. The molecule has 2 amide bonds. The molecule has 7 heteroatoms. The van der Waals surface area contributed by atoms with Crippen molar-refractivity contribution in [2.45, 2.75) is 0 Å². The van der Waals surface area contributed by atoms with E-state index in [9.17, 15) is 9.59 Å². The Morgan fingerprint density at radius 2 is 1.68 bits per heavy atom. The fraction of sp³-hybridized carbons (Fsp3) is 0.190. The van der Waals surface area contributed by atoms with Crippen molar-refractivity contribution in [2.75, 3.05) is 26.2 Å². The minimum atomic E-state index is -0.0806. The first-order chi connectivity index (χ1) is 13.6. The Hall–Kier alpha value is -3.12. The number of amides is 2. The average molecular weight is 395 g/mol. The summed E-state index contributed by atoms with van der Waals surface area (Å²) >= 11 is 6.11. The molecule has 4 rings (SSSR count). The van der Waals surface area contributed by atoms with Crippen LogP contribution in [0.3, 0.4) is 0 Å². The maximum absolute atomic E-state index is 12.8. The first kappa shape index (κ1) is 18.3. The molecular formula is C21H19ClN4O2. The van der Waals surface area contributed by atoms with Crippen LogP contribution in [-0.2, 0) is 4.79 Å². The van der Waals surface area contributed by atoms with Gasteiger partial charge in [0.2, 0.25) is 5.91 Å². The first-order valence-corrected chi connectivity index (χ1v) is 9.44. The van der Waals surface area contributed by atoms with E-state index in [0.29, 0.717) is 36.8 Å². The quantitative estimate of drug-likeness (QED) is 0.642. The summed E-state index contributed by atoms with van der Waals surface area (Å²) in [5.41, 5.74) is 2.17. The lowest BCUT2D eigenvalue weighted by Gasteiger charge is -2.34. The molecule has 0 N–H and O–H groups in total. The number of halogens is 1. The topological polar surface area (TPSA) is 57.9 Å². The molecule has 1 saturated heterocycles. The van der Waals surface area contributed by atoms with E-state index in [-0.39, 0.29) is 11.8 Å². The van der Waals surface area contributed by atoms with Gasteiger partial charge >= 0.3 is 0 Å². The van der Waals surface area contributed by atoms with Crippen molar-refractivity contribution in [1.29, 1.82) is 0 Å². The number of aromatic nitrogens is 2. The van der Waals surface area contributed by atoms with Crippen molar-refractivity contribution in [3.05, 3.63) is 77.1 Å². The van der Waals surface area contributed by atoms with Gasteiger partial charge in [-0.3, -0.25) is 9.59 Å². The van der Waals surface area contributed by atoms with Crippen molar-refractivity contribution in [3.63, 3.8) is 0 Å². The molecule has 0 aliphatic carbocycles. The van der Waals surface area contributed by atoms with Crippen LogP contribution in [0.15, 0.2) is 60.9 Å². The molecule has 1 aliphatic rings. The number of rotatable bonds is 3. The summed E-state index contributed by atoms with van der Waals surface area (Å²) in [6.07, 6.45) is 6.67. The van der Waals surface area contributed by atoms with E-state index in [0.717, 1.165) is 11.1 Å². The van der Waals surface area contributed by atoms with Crippen LogP contribution in [0.4, 0.5) is 0 Å².